The Morgan fingerprint density at radius 1 is 1.62 bits per heavy atom. The molecule has 0 spiro atoms. The molecule has 0 fully saturated rings. The predicted octanol–water partition coefficient (Wildman–Crippen LogP) is 0.682. The maximum atomic E-state index is 11.1. The van der Waals surface area contributed by atoms with E-state index < -0.39 is 11.4 Å². The summed E-state index contributed by atoms with van der Waals surface area (Å²) in [7, 11) is 1.52. The minimum Gasteiger partial charge on any atom is -0.481 e. The molecule has 1 rings (SSSR count). The normalized spacial score (nSPS) is 14.2. The van der Waals surface area contributed by atoms with E-state index in [-0.39, 0.29) is 13.0 Å². The van der Waals surface area contributed by atoms with Crippen LogP contribution in [0, 0.1) is 5.41 Å². The second-order valence-electron chi connectivity index (χ2n) is 3.92. The van der Waals surface area contributed by atoms with Gasteiger partial charge in [-0.25, -0.2) is 4.98 Å². The minimum absolute atomic E-state index is 0.0707. The van der Waals surface area contributed by atoms with Gasteiger partial charge < -0.3 is 15.6 Å². The monoisotopic (exact) mass is 224 g/mol. The molecule has 0 saturated carbocycles. The number of carboxylic acid groups (broad SMARTS) is 1. The van der Waals surface area contributed by atoms with Gasteiger partial charge in [0, 0.05) is 24.7 Å². The van der Waals surface area contributed by atoms with Gasteiger partial charge in [0.2, 0.25) is 5.88 Å². The summed E-state index contributed by atoms with van der Waals surface area (Å²) in [6, 6.07) is 5.25. The van der Waals surface area contributed by atoms with Crippen LogP contribution in [0.4, 0.5) is 0 Å². The van der Waals surface area contributed by atoms with E-state index >= 15 is 0 Å². The average Bonchev–Trinajstić information content (AvgIpc) is 2.29. The Morgan fingerprint density at radius 3 is 2.81 bits per heavy atom. The van der Waals surface area contributed by atoms with Crippen LogP contribution in [-0.2, 0) is 11.2 Å². The summed E-state index contributed by atoms with van der Waals surface area (Å²) in [5, 5.41) is 9.08. The number of carboxylic acids is 1. The Hall–Kier alpha value is -1.62. The van der Waals surface area contributed by atoms with Crippen molar-refractivity contribution in [3.05, 3.63) is 23.9 Å². The standard InChI is InChI=1S/C11H16N2O3/c1-11(7-12,10(14)15)6-8-4-3-5-9(13-8)16-2/h3-5H,6-7,12H2,1-2H3,(H,14,15). The summed E-state index contributed by atoms with van der Waals surface area (Å²) in [4.78, 5) is 15.2. The molecular weight excluding hydrogens is 208 g/mol. The highest BCUT2D eigenvalue weighted by Crippen LogP contribution is 2.21. The van der Waals surface area contributed by atoms with Crippen molar-refractivity contribution in [2.45, 2.75) is 13.3 Å². The average molecular weight is 224 g/mol. The Balaban J connectivity index is 2.90. The summed E-state index contributed by atoms with van der Waals surface area (Å²) in [5.41, 5.74) is 5.16. The molecule has 16 heavy (non-hydrogen) atoms. The van der Waals surface area contributed by atoms with E-state index in [1.165, 1.54) is 7.11 Å². The van der Waals surface area contributed by atoms with Gasteiger partial charge in [-0.1, -0.05) is 6.07 Å². The van der Waals surface area contributed by atoms with Crippen molar-refractivity contribution in [3.8, 4) is 5.88 Å². The molecule has 0 bridgehead atoms. The second kappa shape index (κ2) is 4.94. The molecule has 0 aliphatic heterocycles. The molecule has 0 amide bonds. The lowest BCUT2D eigenvalue weighted by molar-refractivity contribution is -0.147. The number of carbonyl (C=O) groups is 1. The first kappa shape index (κ1) is 12.4. The van der Waals surface area contributed by atoms with Crippen molar-refractivity contribution in [2.75, 3.05) is 13.7 Å². The SMILES string of the molecule is COc1cccc(CC(C)(CN)C(=O)O)n1. The van der Waals surface area contributed by atoms with Crippen molar-refractivity contribution >= 4 is 5.97 Å². The molecule has 1 atom stereocenters. The molecule has 0 aliphatic rings. The number of ether oxygens (including phenoxy) is 1. The number of aliphatic carboxylic acids is 1. The van der Waals surface area contributed by atoms with Crippen LogP contribution in [0.25, 0.3) is 0 Å². The third-order valence-corrected chi connectivity index (χ3v) is 2.53. The second-order valence-corrected chi connectivity index (χ2v) is 3.92. The first-order valence-electron chi connectivity index (χ1n) is 4.95. The summed E-state index contributed by atoms with van der Waals surface area (Å²) in [5.74, 6) is -0.443. The molecule has 5 heteroatoms. The largest absolute Gasteiger partial charge is 0.481 e. The van der Waals surface area contributed by atoms with Crippen LogP contribution in [-0.4, -0.2) is 29.7 Å². The van der Waals surface area contributed by atoms with Gasteiger partial charge in [-0.2, -0.15) is 0 Å². The summed E-state index contributed by atoms with van der Waals surface area (Å²) in [6.45, 7) is 1.68. The van der Waals surface area contributed by atoms with E-state index in [9.17, 15) is 4.79 Å². The number of aromatic nitrogens is 1. The zero-order valence-electron chi connectivity index (χ0n) is 9.43. The lowest BCUT2D eigenvalue weighted by Gasteiger charge is -2.22. The first-order valence-corrected chi connectivity index (χ1v) is 4.95. The van der Waals surface area contributed by atoms with E-state index in [1.807, 2.05) is 0 Å². The predicted molar refractivity (Wildman–Crippen MR) is 59.3 cm³/mol. The molecule has 1 heterocycles. The molecule has 1 unspecified atom stereocenters. The van der Waals surface area contributed by atoms with Crippen LogP contribution in [0.5, 0.6) is 5.88 Å². The number of rotatable bonds is 5. The van der Waals surface area contributed by atoms with Crippen LogP contribution >= 0.6 is 0 Å². The molecule has 1 aromatic rings. The molecule has 0 radical (unpaired) electrons. The third kappa shape index (κ3) is 2.70. The molecule has 5 nitrogen and oxygen atoms in total. The molecule has 88 valence electrons. The Morgan fingerprint density at radius 2 is 2.31 bits per heavy atom. The van der Waals surface area contributed by atoms with Gasteiger partial charge in [0.25, 0.3) is 0 Å². The smallest absolute Gasteiger partial charge is 0.311 e. The molecular formula is C11H16N2O3. The molecule has 0 aromatic carbocycles. The van der Waals surface area contributed by atoms with Crippen molar-refractivity contribution < 1.29 is 14.6 Å². The van der Waals surface area contributed by atoms with Gasteiger partial charge in [-0.15, -0.1) is 0 Å². The van der Waals surface area contributed by atoms with E-state index in [1.54, 1.807) is 25.1 Å². The third-order valence-electron chi connectivity index (χ3n) is 2.53. The number of nitrogens with two attached hydrogens (primary N) is 1. The van der Waals surface area contributed by atoms with Gasteiger partial charge in [0.15, 0.2) is 0 Å². The minimum atomic E-state index is -0.987. The highest BCUT2D eigenvalue weighted by Gasteiger charge is 2.32. The van der Waals surface area contributed by atoms with Crippen LogP contribution in [0.3, 0.4) is 0 Å². The molecule has 3 N–H and O–H groups in total. The fourth-order valence-electron chi connectivity index (χ4n) is 1.30. The van der Waals surface area contributed by atoms with E-state index in [2.05, 4.69) is 4.98 Å². The summed E-state index contributed by atoms with van der Waals surface area (Å²) < 4.78 is 4.97. The highest BCUT2D eigenvalue weighted by atomic mass is 16.5. The zero-order chi connectivity index (χ0) is 12.2. The molecule has 0 aliphatic carbocycles. The van der Waals surface area contributed by atoms with E-state index in [4.69, 9.17) is 15.6 Å². The quantitative estimate of drug-likeness (QED) is 0.768. The lowest BCUT2D eigenvalue weighted by atomic mass is 9.85. The van der Waals surface area contributed by atoms with Gasteiger partial charge in [0.1, 0.15) is 0 Å². The summed E-state index contributed by atoms with van der Waals surface area (Å²) in [6.07, 6.45) is 0.288. The van der Waals surface area contributed by atoms with Crippen molar-refractivity contribution in [3.63, 3.8) is 0 Å². The lowest BCUT2D eigenvalue weighted by Crippen LogP contribution is -2.37. The summed E-state index contributed by atoms with van der Waals surface area (Å²) >= 11 is 0. The van der Waals surface area contributed by atoms with Crippen LogP contribution < -0.4 is 10.5 Å². The van der Waals surface area contributed by atoms with E-state index in [0.717, 1.165) is 0 Å². The van der Waals surface area contributed by atoms with Crippen molar-refractivity contribution in [1.29, 1.82) is 0 Å². The number of pyridine rings is 1. The maximum absolute atomic E-state index is 11.1. The van der Waals surface area contributed by atoms with Gasteiger partial charge in [0.05, 0.1) is 12.5 Å². The number of hydrogen-bond donors (Lipinski definition) is 2. The highest BCUT2D eigenvalue weighted by molar-refractivity contribution is 5.74. The number of methoxy groups -OCH3 is 1. The van der Waals surface area contributed by atoms with Crippen LogP contribution in [0.15, 0.2) is 18.2 Å². The Labute approximate surface area is 94.2 Å². The topological polar surface area (TPSA) is 85.4 Å². The maximum Gasteiger partial charge on any atom is 0.311 e. The van der Waals surface area contributed by atoms with Crippen LogP contribution in [0.1, 0.15) is 12.6 Å². The Bertz CT molecular complexity index is 381. The molecule has 1 aromatic heterocycles. The van der Waals surface area contributed by atoms with E-state index in [0.29, 0.717) is 11.6 Å². The van der Waals surface area contributed by atoms with Gasteiger partial charge >= 0.3 is 5.97 Å². The zero-order valence-corrected chi connectivity index (χ0v) is 9.43. The van der Waals surface area contributed by atoms with Crippen LogP contribution in [0.2, 0.25) is 0 Å². The first-order chi connectivity index (χ1) is 7.51. The van der Waals surface area contributed by atoms with Crippen molar-refractivity contribution in [1.82, 2.24) is 4.98 Å². The molecule has 0 saturated heterocycles. The number of hydrogen-bond acceptors (Lipinski definition) is 4. The van der Waals surface area contributed by atoms with Crippen molar-refractivity contribution in [2.24, 2.45) is 11.1 Å². The number of nitrogens with zero attached hydrogens (tertiary/aromatic N) is 1. The Kier molecular flexibility index (Phi) is 3.84. The van der Waals surface area contributed by atoms with Gasteiger partial charge in [-0.3, -0.25) is 4.79 Å². The fraction of sp³-hybridized carbons (Fsp3) is 0.455. The van der Waals surface area contributed by atoms with Gasteiger partial charge in [-0.05, 0) is 13.0 Å². The fourth-order valence-corrected chi connectivity index (χ4v) is 1.30.